The van der Waals surface area contributed by atoms with Gasteiger partial charge in [-0.1, -0.05) is 35.6 Å². The zero-order valence-electron chi connectivity index (χ0n) is 9.68. The maximum absolute atomic E-state index is 13.0. The lowest BCUT2D eigenvalue weighted by molar-refractivity contribution is 0.152. The second-order valence-electron chi connectivity index (χ2n) is 3.96. The predicted molar refractivity (Wildman–Crippen MR) is 72.2 cm³/mol. The number of nitrogen functional groups attached to an aromatic ring is 1. The number of nitrogens with two attached hydrogens (primary N) is 1. The third-order valence-corrected chi connectivity index (χ3v) is 3.54. The summed E-state index contributed by atoms with van der Waals surface area (Å²) >= 11 is 1.24. The van der Waals surface area contributed by atoms with Gasteiger partial charge in [-0.05, 0) is 12.1 Å². The smallest absolute Gasteiger partial charge is 0.264 e. The van der Waals surface area contributed by atoms with Gasteiger partial charge < -0.3 is 5.73 Å². The summed E-state index contributed by atoms with van der Waals surface area (Å²) in [5, 5.41) is 0.418. The van der Waals surface area contributed by atoms with E-state index in [1.165, 1.54) is 17.4 Å². The number of benzene rings is 1. The summed E-state index contributed by atoms with van der Waals surface area (Å²) in [4.78, 5) is 9.10. The van der Waals surface area contributed by atoms with Crippen LogP contribution in [0.5, 0.6) is 0 Å². The Morgan fingerprint density at radius 1 is 1.05 bits per heavy atom. The topological polar surface area (TPSA) is 51.8 Å². The predicted octanol–water partition coefficient (Wildman–Crippen LogP) is 3.88. The lowest BCUT2D eigenvalue weighted by atomic mass is 10.0. The van der Waals surface area contributed by atoms with Crippen molar-refractivity contribution in [3.63, 3.8) is 0 Å². The molecule has 3 rings (SSSR count). The molecule has 0 amide bonds. The second-order valence-corrected chi connectivity index (χ2v) is 4.97. The van der Waals surface area contributed by atoms with Gasteiger partial charge in [0.05, 0.1) is 5.69 Å². The number of alkyl halides is 2. The van der Waals surface area contributed by atoms with Crippen LogP contribution >= 0.6 is 11.3 Å². The molecular weight excluding hydrogens is 268 g/mol. The molecule has 0 fully saturated rings. The van der Waals surface area contributed by atoms with E-state index in [4.69, 9.17) is 5.73 Å². The molecule has 2 heterocycles. The van der Waals surface area contributed by atoms with E-state index >= 15 is 0 Å². The average molecular weight is 277 g/mol. The monoisotopic (exact) mass is 277 g/mol. The molecule has 3 nitrogen and oxygen atoms in total. The maximum Gasteiger partial charge on any atom is 0.264 e. The number of rotatable bonds is 2. The van der Waals surface area contributed by atoms with E-state index in [1.807, 2.05) is 0 Å². The number of hydrogen-bond acceptors (Lipinski definition) is 4. The molecule has 0 aliphatic carbocycles. The molecule has 2 aromatic heterocycles. The maximum atomic E-state index is 13.0. The first-order valence-electron chi connectivity index (χ1n) is 5.55. The van der Waals surface area contributed by atoms with Crippen LogP contribution in [-0.4, -0.2) is 9.97 Å². The van der Waals surface area contributed by atoms with Crippen molar-refractivity contribution in [2.24, 2.45) is 0 Å². The highest BCUT2D eigenvalue weighted by molar-refractivity contribution is 7.21. The van der Waals surface area contributed by atoms with Crippen LogP contribution in [0, 0.1) is 0 Å². The highest BCUT2D eigenvalue weighted by Gasteiger charge is 2.15. The average Bonchev–Trinajstić information content (AvgIpc) is 2.77. The van der Waals surface area contributed by atoms with Gasteiger partial charge in [-0.2, -0.15) is 0 Å². The second kappa shape index (κ2) is 4.55. The van der Waals surface area contributed by atoms with E-state index in [1.54, 1.807) is 30.3 Å². The molecule has 3 aromatic rings. The summed E-state index contributed by atoms with van der Waals surface area (Å²) < 4.78 is 25.9. The zero-order valence-corrected chi connectivity index (χ0v) is 10.5. The molecule has 6 heteroatoms. The highest BCUT2D eigenvalue weighted by atomic mass is 32.1. The fraction of sp³-hybridized carbons (Fsp3) is 0.0769. The minimum Gasteiger partial charge on any atom is -0.375 e. The third kappa shape index (κ3) is 2.15. The van der Waals surface area contributed by atoms with Gasteiger partial charge in [0, 0.05) is 11.1 Å². The summed E-state index contributed by atoms with van der Waals surface area (Å²) in [7, 11) is 0. The Balaban J connectivity index is 2.18. The Labute approximate surface area is 111 Å². The van der Waals surface area contributed by atoms with Crippen LogP contribution in [0.2, 0.25) is 0 Å². The lowest BCUT2D eigenvalue weighted by Gasteiger charge is -2.07. The fourth-order valence-corrected chi connectivity index (χ4v) is 2.61. The molecule has 2 N–H and O–H groups in total. The number of pyridine rings is 1. The van der Waals surface area contributed by atoms with Crippen LogP contribution in [0.3, 0.4) is 0 Å². The summed E-state index contributed by atoms with van der Waals surface area (Å²) in [6.45, 7) is 0. The number of anilines is 1. The summed E-state index contributed by atoms with van der Waals surface area (Å²) in [6, 6.07) is 9.78. The van der Waals surface area contributed by atoms with Crippen LogP contribution in [-0.2, 0) is 0 Å². The number of fused-ring (bicyclic) bond motifs is 1. The van der Waals surface area contributed by atoms with Gasteiger partial charge in [0.25, 0.3) is 6.43 Å². The van der Waals surface area contributed by atoms with Crippen molar-refractivity contribution in [3.05, 3.63) is 42.0 Å². The van der Waals surface area contributed by atoms with Crippen molar-refractivity contribution in [1.29, 1.82) is 0 Å². The quantitative estimate of drug-likeness (QED) is 0.773. The highest BCUT2D eigenvalue weighted by Crippen LogP contribution is 2.32. The van der Waals surface area contributed by atoms with E-state index in [2.05, 4.69) is 9.97 Å². The Bertz CT molecular complexity index is 740. The van der Waals surface area contributed by atoms with E-state index in [0.29, 0.717) is 26.7 Å². The van der Waals surface area contributed by atoms with Crippen molar-refractivity contribution in [2.75, 3.05) is 5.73 Å². The number of hydrogen-bond donors (Lipinski definition) is 1. The number of thiazole rings is 1. The van der Waals surface area contributed by atoms with Crippen molar-refractivity contribution in [1.82, 2.24) is 9.97 Å². The zero-order chi connectivity index (χ0) is 13.4. The van der Waals surface area contributed by atoms with Gasteiger partial charge in [0.15, 0.2) is 5.13 Å². The number of aromatic nitrogens is 2. The van der Waals surface area contributed by atoms with E-state index in [-0.39, 0.29) is 5.56 Å². The molecule has 19 heavy (non-hydrogen) atoms. The molecular formula is C13H9F2N3S. The minimum absolute atomic E-state index is 0.0214. The van der Waals surface area contributed by atoms with Crippen LogP contribution in [0.15, 0.2) is 36.4 Å². The molecule has 0 spiro atoms. The fourth-order valence-electron chi connectivity index (χ4n) is 1.90. The van der Waals surface area contributed by atoms with Gasteiger partial charge in [-0.15, -0.1) is 0 Å². The Kier molecular flexibility index (Phi) is 2.87. The normalized spacial score (nSPS) is 11.3. The lowest BCUT2D eigenvalue weighted by Crippen LogP contribution is -1.91. The molecule has 0 radical (unpaired) electrons. The van der Waals surface area contributed by atoms with Gasteiger partial charge in [-0.3, -0.25) is 0 Å². The first-order chi connectivity index (χ1) is 9.15. The first-order valence-corrected chi connectivity index (χ1v) is 6.37. The van der Waals surface area contributed by atoms with Gasteiger partial charge in [-0.25, -0.2) is 18.7 Å². The number of nitrogens with zero attached hydrogens (tertiary/aromatic N) is 2. The van der Waals surface area contributed by atoms with Crippen LogP contribution in [0.1, 0.15) is 12.0 Å². The first kappa shape index (κ1) is 12.0. The summed E-state index contributed by atoms with van der Waals surface area (Å²) in [5.74, 6) is 0. The third-order valence-electron chi connectivity index (χ3n) is 2.74. The molecule has 0 saturated heterocycles. The van der Waals surface area contributed by atoms with Crippen molar-refractivity contribution < 1.29 is 8.78 Å². The van der Waals surface area contributed by atoms with Gasteiger partial charge in [0.2, 0.25) is 0 Å². The number of halogens is 2. The molecule has 0 aliphatic heterocycles. The molecule has 1 aromatic carbocycles. The molecule has 0 aliphatic rings. The largest absolute Gasteiger partial charge is 0.375 e. The van der Waals surface area contributed by atoms with Crippen LogP contribution in [0.4, 0.5) is 13.9 Å². The van der Waals surface area contributed by atoms with E-state index in [9.17, 15) is 8.78 Å². The molecule has 0 saturated carbocycles. The van der Waals surface area contributed by atoms with Gasteiger partial charge in [0.1, 0.15) is 10.3 Å². The van der Waals surface area contributed by atoms with Crippen molar-refractivity contribution >= 4 is 26.8 Å². The van der Waals surface area contributed by atoms with Gasteiger partial charge >= 0.3 is 0 Å². The molecule has 0 bridgehead atoms. The van der Waals surface area contributed by atoms with Crippen molar-refractivity contribution in [2.45, 2.75) is 6.43 Å². The van der Waals surface area contributed by atoms with E-state index in [0.717, 1.165) is 0 Å². The molecule has 96 valence electrons. The van der Waals surface area contributed by atoms with E-state index < -0.39 is 6.43 Å². The molecule has 0 atom stereocenters. The van der Waals surface area contributed by atoms with Crippen LogP contribution in [0.25, 0.3) is 21.6 Å². The van der Waals surface area contributed by atoms with Crippen molar-refractivity contribution in [3.8, 4) is 11.3 Å². The summed E-state index contributed by atoms with van der Waals surface area (Å²) in [5.41, 5.74) is 7.21. The Hall–Kier alpha value is -2.08. The standard InChI is InChI=1S/C13H9F2N3S/c14-11(15)8-4-2-1-3-7(8)9-5-6-10-12(17-9)19-13(16)18-10/h1-6,11H,(H2,16,18). The van der Waals surface area contributed by atoms with Crippen LogP contribution < -0.4 is 5.73 Å². The minimum atomic E-state index is -2.53. The Morgan fingerprint density at radius 2 is 1.84 bits per heavy atom. The summed E-state index contributed by atoms with van der Waals surface area (Å²) in [6.07, 6.45) is -2.53. The SMILES string of the molecule is Nc1nc2ccc(-c3ccccc3C(F)F)nc2s1. The molecule has 0 unspecified atom stereocenters. The Morgan fingerprint density at radius 3 is 2.63 bits per heavy atom.